The monoisotopic (exact) mass is 222 g/mol. The molecule has 0 aliphatic heterocycles. The number of anilines is 1. The molecule has 86 valence electrons. The van der Waals surface area contributed by atoms with Crippen LogP contribution < -0.4 is 15.4 Å². The molecule has 0 saturated heterocycles. The van der Waals surface area contributed by atoms with Crippen LogP contribution in [0.5, 0.6) is 5.75 Å². The SMILES string of the molecule is CC(C)Oc1cccc(N(C=O)C(N)=O)c1. The van der Waals surface area contributed by atoms with E-state index < -0.39 is 6.03 Å². The Morgan fingerprint density at radius 2 is 2.19 bits per heavy atom. The standard InChI is InChI=1S/C11H14N2O3/c1-8(2)16-10-5-3-4-9(6-10)13(7-14)11(12)15/h3-8H,1-2H3,(H2,12,15). The number of hydrogen-bond donors (Lipinski definition) is 1. The minimum absolute atomic E-state index is 0.0218. The van der Waals surface area contributed by atoms with Crippen molar-refractivity contribution in [1.29, 1.82) is 0 Å². The van der Waals surface area contributed by atoms with Gasteiger partial charge in [-0.25, -0.2) is 9.69 Å². The molecule has 0 unspecified atom stereocenters. The molecule has 1 aromatic rings. The first-order chi connectivity index (χ1) is 7.54. The Morgan fingerprint density at radius 3 is 2.69 bits per heavy atom. The van der Waals surface area contributed by atoms with Crippen LogP contribution >= 0.6 is 0 Å². The largest absolute Gasteiger partial charge is 0.491 e. The molecule has 0 spiro atoms. The molecule has 0 saturated carbocycles. The lowest BCUT2D eigenvalue weighted by Gasteiger charge is -2.15. The first kappa shape index (κ1) is 12.0. The number of urea groups is 1. The van der Waals surface area contributed by atoms with E-state index in [1.807, 2.05) is 13.8 Å². The fourth-order valence-corrected chi connectivity index (χ4v) is 1.22. The molecule has 1 aromatic carbocycles. The van der Waals surface area contributed by atoms with Gasteiger partial charge in [-0.05, 0) is 26.0 Å². The van der Waals surface area contributed by atoms with Crippen LogP contribution in [0.1, 0.15) is 13.8 Å². The van der Waals surface area contributed by atoms with Crippen molar-refractivity contribution in [3.63, 3.8) is 0 Å². The number of carbonyl (C=O) groups is 2. The summed E-state index contributed by atoms with van der Waals surface area (Å²) in [6.07, 6.45) is 0.394. The molecule has 2 N–H and O–H groups in total. The normalized spacial score (nSPS) is 9.94. The van der Waals surface area contributed by atoms with Crippen LogP contribution in [-0.4, -0.2) is 18.5 Å². The van der Waals surface area contributed by atoms with Crippen molar-refractivity contribution >= 4 is 18.1 Å². The second-order valence-electron chi connectivity index (χ2n) is 3.48. The summed E-state index contributed by atoms with van der Waals surface area (Å²) in [5.74, 6) is 0.584. The highest BCUT2D eigenvalue weighted by Crippen LogP contribution is 2.21. The lowest BCUT2D eigenvalue weighted by atomic mass is 10.3. The van der Waals surface area contributed by atoms with Gasteiger partial charge >= 0.3 is 6.03 Å². The van der Waals surface area contributed by atoms with E-state index >= 15 is 0 Å². The molecular weight excluding hydrogens is 208 g/mol. The summed E-state index contributed by atoms with van der Waals surface area (Å²) in [5, 5.41) is 0. The quantitative estimate of drug-likeness (QED) is 0.785. The van der Waals surface area contributed by atoms with E-state index in [1.165, 1.54) is 0 Å². The van der Waals surface area contributed by atoms with Crippen molar-refractivity contribution in [3.05, 3.63) is 24.3 Å². The molecule has 5 nitrogen and oxygen atoms in total. The summed E-state index contributed by atoms with van der Waals surface area (Å²) >= 11 is 0. The van der Waals surface area contributed by atoms with Crippen LogP contribution in [0.2, 0.25) is 0 Å². The van der Waals surface area contributed by atoms with E-state index in [0.29, 0.717) is 17.8 Å². The van der Waals surface area contributed by atoms with Gasteiger partial charge in [-0.15, -0.1) is 0 Å². The highest BCUT2D eigenvalue weighted by molar-refractivity contribution is 6.05. The van der Waals surface area contributed by atoms with Gasteiger partial charge in [0.15, 0.2) is 0 Å². The third-order valence-electron chi connectivity index (χ3n) is 1.81. The molecule has 0 radical (unpaired) electrons. The summed E-state index contributed by atoms with van der Waals surface area (Å²) in [6.45, 7) is 3.77. The smallest absolute Gasteiger partial charge is 0.325 e. The molecule has 0 aliphatic carbocycles. The van der Waals surface area contributed by atoms with Gasteiger partial charge in [0.25, 0.3) is 0 Å². The number of hydrogen-bond acceptors (Lipinski definition) is 3. The Bertz CT molecular complexity index is 391. The van der Waals surface area contributed by atoms with Crippen molar-refractivity contribution in [2.75, 3.05) is 4.90 Å². The Balaban J connectivity index is 2.96. The maximum Gasteiger partial charge on any atom is 0.325 e. The van der Waals surface area contributed by atoms with Gasteiger partial charge in [0.2, 0.25) is 6.41 Å². The Hall–Kier alpha value is -2.04. The fraction of sp³-hybridized carbons (Fsp3) is 0.273. The average molecular weight is 222 g/mol. The van der Waals surface area contributed by atoms with Crippen molar-refractivity contribution in [2.24, 2.45) is 5.73 Å². The molecule has 16 heavy (non-hydrogen) atoms. The van der Waals surface area contributed by atoms with Gasteiger partial charge in [0, 0.05) is 6.07 Å². The van der Waals surface area contributed by atoms with Crippen LogP contribution in [0.25, 0.3) is 0 Å². The minimum atomic E-state index is -0.823. The van der Waals surface area contributed by atoms with E-state index in [0.717, 1.165) is 4.90 Å². The summed E-state index contributed by atoms with van der Waals surface area (Å²) in [6, 6.07) is 5.79. The number of nitrogens with two attached hydrogens (primary N) is 1. The van der Waals surface area contributed by atoms with Gasteiger partial charge in [-0.2, -0.15) is 0 Å². The molecule has 0 bridgehead atoms. The first-order valence-electron chi connectivity index (χ1n) is 4.85. The Labute approximate surface area is 93.8 Å². The number of carbonyl (C=O) groups excluding carboxylic acids is 2. The lowest BCUT2D eigenvalue weighted by molar-refractivity contribution is -0.106. The number of ether oxygens (including phenoxy) is 1. The molecule has 0 aliphatic rings. The number of imide groups is 1. The molecule has 0 atom stereocenters. The second kappa shape index (κ2) is 5.16. The number of amides is 3. The first-order valence-corrected chi connectivity index (χ1v) is 4.85. The van der Waals surface area contributed by atoms with E-state index in [4.69, 9.17) is 10.5 Å². The van der Waals surface area contributed by atoms with Gasteiger partial charge in [0.05, 0.1) is 11.8 Å². The molecule has 0 aromatic heterocycles. The third kappa shape index (κ3) is 2.98. The second-order valence-corrected chi connectivity index (χ2v) is 3.48. The van der Waals surface area contributed by atoms with E-state index in [2.05, 4.69) is 0 Å². The molecule has 5 heteroatoms. The van der Waals surface area contributed by atoms with Gasteiger partial charge in [-0.1, -0.05) is 6.07 Å². The van der Waals surface area contributed by atoms with E-state index in [1.54, 1.807) is 24.3 Å². The highest BCUT2D eigenvalue weighted by Gasteiger charge is 2.11. The maximum absolute atomic E-state index is 10.9. The van der Waals surface area contributed by atoms with Crippen LogP contribution in [0.4, 0.5) is 10.5 Å². The summed E-state index contributed by atoms with van der Waals surface area (Å²) in [4.78, 5) is 22.4. The number of benzene rings is 1. The number of nitrogens with zero attached hydrogens (tertiary/aromatic N) is 1. The third-order valence-corrected chi connectivity index (χ3v) is 1.81. The minimum Gasteiger partial charge on any atom is -0.491 e. The zero-order chi connectivity index (χ0) is 12.1. The summed E-state index contributed by atoms with van der Waals surface area (Å²) in [5.41, 5.74) is 5.43. The predicted octanol–water partition coefficient (Wildman–Crippen LogP) is 1.52. The van der Waals surface area contributed by atoms with Crippen LogP contribution in [0, 0.1) is 0 Å². The molecule has 0 heterocycles. The van der Waals surface area contributed by atoms with E-state index in [9.17, 15) is 9.59 Å². The Morgan fingerprint density at radius 1 is 1.50 bits per heavy atom. The zero-order valence-electron chi connectivity index (χ0n) is 9.21. The van der Waals surface area contributed by atoms with Crippen LogP contribution in [-0.2, 0) is 4.79 Å². The Kier molecular flexibility index (Phi) is 3.88. The average Bonchev–Trinajstić information content (AvgIpc) is 2.17. The van der Waals surface area contributed by atoms with Crippen molar-refractivity contribution < 1.29 is 14.3 Å². The molecule has 0 fully saturated rings. The van der Waals surface area contributed by atoms with Gasteiger partial charge < -0.3 is 10.5 Å². The highest BCUT2D eigenvalue weighted by atomic mass is 16.5. The lowest BCUT2D eigenvalue weighted by Crippen LogP contribution is -2.34. The fourth-order valence-electron chi connectivity index (χ4n) is 1.22. The molecule has 1 rings (SSSR count). The summed E-state index contributed by atoms with van der Waals surface area (Å²) < 4.78 is 5.43. The van der Waals surface area contributed by atoms with Crippen molar-refractivity contribution in [3.8, 4) is 5.75 Å². The molecule has 3 amide bonds. The number of rotatable bonds is 4. The number of primary amides is 1. The maximum atomic E-state index is 10.9. The van der Waals surface area contributed by atoms with Gasteiger partial charge in [-0.3, -0.25) is 4.79 Å². The zero-order valence-corrected chi connectivity index (χ0v) is 9.21. The van der Waals surface area contributed by atoms with Crippen LogP contribution in [0.15, 0.2) is 24.3 Å². The van der Waals surface area contributed by atoms with Crippen LogP contribution in [0.3, 0.4) is 0 Å². The van der Waals surface area contributed by atoms with Crippen molar-refractivity contribution in [2.45, 2.75) is 20.0 Å². The topological polar surface area (TPSA) is 72.6 Å². The van der Waals surface area contributed by atoms with Gasteiger partial charge in [0.1, 0.15) is 5.75 Å². The molecular formula is C11H14N2O3. The van der Waals surface area contributed by atoms with E-state index in [-0.39, 0.29) is 6.10 Å². The van der Waals surface area contributed by atoms with Crippen molar-refractivity contribution in [1.82, 2.24) is 0 Å². The predicted molar refractivity (Wildman–Crippen MR) is 60.3 cm³/mol. The summed E-state index contributed by atoms with van der Waals surface area (Å²) in [7, 11) is 0.